The maximum absolute atomic E-state index is 12.9. The number of hydrogen-bond acceptors (Lipinski definition) is 4. The van der Waals surface area contributed by atoms with E-state index >= 15 is 0 Å². The SMILES string of the molecule is Cc1ccc(Cl)cc1N1CCN(C(=O)c2ccc(N3C(=O)CCC3=O)cc2)CC1. The molecule has 6 nitrogen and oxygen atoms in total. The molecular weight excluding hydrogens is 390 g/mol. The Balaban J connectivity index is 1.41. The van der Waals surface area contributed by atoms with Gasteiger partial charge in [0.1, 0.15) is 0 Å². The van der Waals surface area contributed by atoms with Gasteiger partial charge in [-0.15, -0.1) is 0 Å². The maximum Gasteiger partial charge on any atom is 0.253 e. The molecule has 2 saturated heterocycles. The summed E-state index contributed by atoms with van der Waals surface area (Å²) in [5.41, 5.74) is 3.35. The average molecular weight is 412 g/mol. The van der Waals surface area contributed by atoms with Crippen LogP contribution in [-0.4, -0.2) is 48.8 Å². The predicted molar refractivity (Wildman–Crippen MR) is 112 cm³/mol. The number of nitrogens with zero attached hydrogens (tertiary/aromatic N) is 3. The van der Waals surface area contributed by atoms with Gasteiger partial charge in [-0.1, -0.05) is 17.7 Å². The fraction of sp³-hybridized carbons (Fsp3) is 0.318. The molecule has 0 aliphatic carbocycles. The molecule has 2 heterocycles. The van der Waals surface area contributed by atoms with Crippen LogP contribution in [0.2, 0.25) is 5.02 Å². The van der Waals surface area contributed by atoms with Gasteiger partial charge in [0.25, 0.3) is 5.91 Å². The number of piperazine rings is 1. The Labute approximate surface area is 174 Å². The van der Waals surface area contributed by atoms with Crippen LogP contribution >= 0.6 is 11.6 Å². The molecule has 2 aliphatic rings. The van der Waals surface area contributed by atoms with E-state index < -0.39 is 0 Å². The first-order valence-electron chi connectivity index (χ1n) is 9.70. The Morgan fingerprint density at radius 1 is 0.897 bits per heavy atom. The maximum atomic E-state index is 12.9. The first kappa shape index (κ1) is 19.5. The molecule has 7 heteroatoms. The van der Waals surface area contributed by atoms with E-state index in [4.69, 9.17) is 11.6 Å². The van der Waals surface area contributed by atoms with Gasteiger partial charge in [0.2, 0.25) is 11.8 Å². The molecule has 150 valence electrons. The highest BCUT2D eigenvalue weighted by Gasteiger charge is 2.30. The van der Waals surface area contributed by atoms with E-state index in [1.165, 1.54) is 4.90 Å². The highest BCUT2D eigenvalue weighted by Crippen LogP contribution is 2.26. The van der Waals surface area contributed by atoms with Crippen LogP contribution in [0.5, 0.6) is 0 Å². The highest BCUT2D eigenvalue weighted by atomic mass is 35.5. The summed E-state index contributed by atoms with van der Waals surface area (Å²) in [5, 5.41) is 0.708. The standard InChI is InChI=1S/C22H22ClN3O3/c1-15-2-5-17(23)14-19(15)24-10-12-25(13-11-24)22(29)16-3-6-18(7-4-16)26-20(27)8-9-21(26)28/h2-7,14H,8-13H2,1H3. The van der Waals surface area contributed by atoms with E-state index in [1.54, 1.807) is 24.3 Å². The smallest absolute Gasteiger partial charge is 0.253 e. The lowest BCUT2D eigenvalue weighted by molar-refractivity contribution is -0.121. The van der Waals surface area contributed by atoms with Crippen LogP contribution in [0.3, 0.4) is 0 Å². The molecule has 0 unspecified atom stereocenters. The van der Waals surface area contributed by atoms with E-state index in [2.05, 4.69) is 11.8 Å². The summed E-state index contributed by atoms with van der Waals surface area (Å²) in [5.74, 6) is -0.430. The number of hydrogen-bond donors (Lipinski definition) is 0. The van der Waals surface area contributed by atoms with E-state index in [1.807, 2.05) is 23.1 Å². The van der Waals surface area contributed by atoms with Gasteiger partial charge in [-0.05, 0) is 48.9 Å². The number of aryl methyl sites for hydroxylation is 1. The summed E-state index contributed by atoms with van der Waals surface area (Å²) >= 11 is 6.14. The van der Waals surface area contributed by atoms with Gasteiger partial charge >= 0.3 is 0 Å². The van der Waals surface area contributed by atoms with Crippen LogP contribution in [0.1, 0.15) is 28.8 Å². The largest absolute Gasteiger partial charge is 0.368 e. The highest BCUT2D eigenvalue weighted by molar-refractivity contribution is 6.30. The number of carbonyl (C=O) groups is 3. The summed E-state index contributed by atoms with van der Waals surface area (Å²) in [4.78, 5) is 41.9. The molecule has 0 N–H and O–H groups in total. The first-order valence-corrected chi connectivity index (χ1v) is 10.1. The zero-order valence-corrected chi connectivity index (χ0v) is 17.0. The zero-order chi connectivity index (χ0) is 20.5. The van der Waals surface area contributed by atoms with E-state index in [0.717, 1.165) is 24.3 Å². The molecule has 2 aromatic rings. The third-order valence-corrected chi connectivity index (χ3v) is 5.74. The Morgan fingerprint density at radius 2 is 1.52 bits per heavy atom. The van der Waals surface area contributed by atoms with Crippen molar-refractivity contribution in [2.75, 3.05) is 36.0 Å². The van der Waals surface area contributed by atoms with Gasteiger partial charge in [0.05, 0.1) is 5.69 Å². The van der Waals surface area contributed by atoms with Crippen molar-refractivity contribution >= 4 is 40.7 Å². The molecule has 0 saturated carbocycles. The van der Waals surface area contributed by atoms with Crippen LogP contribution in [0.25, 0.3) is 0 Å². The quantitative estimate of drug-likeness (QED) is 0.727. The van der Waals surface area contributed by atoms with Gasteiger partial charge in [-0.25, -0.2) is 0 Å². The summed E-state index contributed by atoms with van der Waals surface area (Å²) in [7, 11) is 0. The van der Waals surface area contributed by atoms with E-state index in [0.29, 0.717) is 29.4 Å². The number of rotatable bonds is 3. The Bertz CT molecular complexity index is 950. The topological polar surface area (TPSA) is 60.9 Å². The number of anilines is 2. The van der Waals surface area contributed by atoms with Crippen molar-refractivity contribution in [1.82, 2.24) is 4.90 Å². The Kier molecular flexibility index (Phi) is 5.28. The monoisotopic (exact) mass is 411 g/mol. The fourth-order valence-corrected chi connectivity index (χ4v) is 4.04. The van der Waals surface area contributed by atoms with Crippen molar-refractivity contribution in [3.63, 3.8) is 0 Å². The lowest BCUT2D eigenvalue weighted by Gasteiger charge is -2.37. The van der Waals surface area contributed by atoms with Crippen molar-refractivity contribution in [2.24, 2.45) is 0 Å². The molecule has 2 aromatic carbocycles. The minimum absolute atomic E-state index is 0.0434. The van der Waals surface area contributed by atoms with Gasteiger partial charge in [-0.3, -0.25) is 19.3 Å². The van der Waals surface area contributed by atoms with Crippen molar-refractivity contribution in [3.05, 3.63) is 58.6 Å². The molecule has 4 rings (SSSR count). The predicted octanol–water partition coefficient (Wildman–Crippen LogP) is 3.26. The minimum Gasteiger partial charge on any atom is -0.368 e. The summed E-state index contributed by atoms with van der Waals surface area (Å²) in [6.45, 7) is 4.77. The Hall–Kier alpha value is -2.86. The second kappa shape index (κ2) is 7.87. The molecule has 0 spiro atoms. The van der Waals surface area contributed by atoms with Gasteiger partial charge in [-0.2, -0.15) is 0 Å². The number of amides is 3. The number of halogens is 1. The molecule has 3 amide bonds. The lowest BCUT2D eigenvalue weighted by Crippen LogP contribution is -2.49. The van der Waals surface area contributed by atoms with Crippen LogP contribution < -0.4 is 9.80 Å². The normalized spacial score (nSPS) is 17.2. The molecule has 2 aliphatic heterocycles. The second-order valence-corrected chi connectivity index (χ2v) is 7.82. The van der Waals surface area contributed by atoms with Crippen LogP contribution in [-0.2, 0) is 9.59 Å². The zero-order valence-electron chi connectivity index (χ0n) is 16.2. The van der Waals surface area contributed by atoms with Crippen LogP contribution in [0.15, 0.2) is 42.5 Å². The molecule has 29 heavy (non-hydrogen) atoms. The molecule has 0 atom stereocenters. The number of imide groups is 1. The second-order valence-electron chi connectivity index (χ2n) is 7.38. The molecule has 0 bridgehead atoms. The molecule has 0 radical (unpaired) electrons. The van der Waals surface area contributed by atoms with Crippen molar-refractivity contribution < 1.29 is 14.4 Å². The molecule has 2 fully saturated rings. The van der Waals surface area contributed by atoms with E-state index in [9.17, 15) is 14.4 Å². The Morgan fingerprint density at radius 3 is 2.14 bits per heavy atom. The summed E-state index contributed by atoms with van der Waals surface area (Å²) < 4.78 is 0. The summed E-state index contributed by atoms with van der Waals surface area (Å²) in [6, 6.07) is 12.6. The third kappa shape index (κ3) is 3.85. The minimum atomic E-state index is -0.193. The fourth-order valence-electron chi connectivity index (χ4n) is 3.87. The van der Waals surface area contributed by atoms with E-state index in [-0.39, 0.29) is 30.6 Å². The van der Waals surface area contributed by atoms with Crippen molar-refractivity contribution in [2.45, 2.75) is 19.8 Å². The van der Waals surface area contributed by atoms with Crippen LogP contribution in [0, 0.1) is 6.92 Å². The van der Waals surface area contributed by atoms with Gasteiger partial charge in [0, 0.05) is 55.3 Å². The third-order valence-electron chi connectivity index (χ3n) is 5.50. The average Bonchev–Trinajstić information content (AvgIpc) is 3.07. The van der Waals surface area contributed by atoms with Gasteiger partial charge < -0.3 is 9.80 Å². The lowest BCUT2D eigenvalue weighted by atomic mass is 10.1. The van der Waals surface area contributed by atoms with Crippen molar-refractivity contribution in [3.8, 4) is 0 Å². The summed E-state index contributed by atoms with van der Waals surface area (Å²) in [6.07, 6.45) is 0.492. The first-order chi connectivity index (χ1) is 13.9. The molecular formula is C22H22ClN3O3. The van der Waals surface area contributed by atoms with Crippen LogP contribution in [0.4, 0.5) is 11.4 Å². The van der Waals surface area contributed by atoms with Gasteiger partial charge in [0.15, 0.2) is 0 Å². The molecule has 0 aromatic heterocycles. The number of benzene rings is 2. The van der Waals surface area contributed by atoms with Crippen molar-refractivity contribution in [1.29, 1.82) is 0 Å². The number of carbonyl (C=O) groups excluding carboxylic acids is 3.